The second-order valence-electron chi connectivity index (χ2n) is 5.38. The Hall–Kier alpha value is -0.620. The van der Waals surface area contributed by atoms with Gasteiger partial charge < -0.3 is 9.64 Å². The van der Waals surface area contributed by atoms with Crippen molar-refractivity contribution in [2.75, 3.05) is 6.54 Å². The molecule has 1 aromatic rings. The molecule has 0 bridgehead atoms. The first-order chi connectivity index (χ1) is 8.28. The minimum atomic E-state index is -0.453. The van der Waals surface area contributed by atoms with Gasteiger partial charge in [-0.3, -0.25) is 0 Å². The minimum absolute atomic E-state index is 0.0346. The molecule has 4 nitrogen and oxygen atoms in total. The highest BCUT2D eigenvalue weighted by Gasteiger charge is 2.33. The zero-order chi connectivity index (χ0) is 13.5. The summed E-state index contributed by atoms with van der Waals surface area (Å²) in [6.45, 7) is 8.34. The molecule has 6 heteroatoms. The molecule has 0 unspecified atom stereocenters. The van der Waals surface area contributed by atoms with Gasteiger partial charge in [0.2, 0.25) is 0 Å². The van der Waals surface area contributed by atoms with Gasteiger partial charge in [0.25, 0.3) is 0 Å². The van der Waals surface area contributed by atoms with Gasteiger partial charge in [-0.1, -0.05) is 0 Å². The number of halogens is 1. The fourth-order valence-electron chi connectivity index (χ4n) is 1.97. The van der Waals surface area contributed by atoms with Crippen molar-refractivity contribution in [2.45, 2.75) is 45.8 Å². The summed E-state index contributed by atoms with van der Waals surface area (Å²) in [5.74, 6) is 0. The number of hydrogen-bond donors (Lipinski definition) is 0. The van der Waals surface area contributed by atoms with Crippen LogP contribution < -0.4 is 0 Å². The summed E-state index contributed by atoms with van der Waals surface area (Å²) < 4.78 is 6.31. The van der Waals surface area contributed by atoms with Crippen LogP contribution in [0.2, 0.25) is 0 Å². The number of thiazole rings is 1. The van der Waals surface area contributed by atoms with Crippen LogP contribution >= 0.6 is 27.3 Å². The Morgan fingerprint density at radius 1 is 1.56 bits per heavy atom. The topological polar surface area (TPSA) is 42.4 Å². The molecule has 2 heterocycles. The first-order valence-electron chi connectivity index (χ1n) is 5.92. The van der Waals surface area contributed by atoms with Gasteiger partial charge in [0, 0.05) is 13.0 Å². The van der Waals surface area contributed by atoms with E-state index < -0.39 is 5.60 Å². The smallest absolute Gasteiger partial charge is 0.410 e. The summed E-state index contributed by atoms with van der Waals surface area (Å²) >= 11 is 4.99. The van der Waals surface area contributed by atoms with Crippen LogP contribution in [0.5, 0.6) is 0 Å². The number of ether oxygens (including phenoxy) is 1. The van der Waals surface area contributed by atoms with E-state index >= 15 is 0 Å². The maximum Gasteiger partial charge on any atom is 0.410 e. The van der Waals surface area contributed by atoms with E-state index in [1.54, 1.807) is 16.2 Å². The number of amides is 1. The second-order valence-corrected chi connectivity index (χ2v) is 7.68. The Kier molecular flexibility index (Phi) is 3.69. The van der Waals surface area contributed by atoms with E-state index in [0.717, 1.165) is 20.9 Å². The Morgan fingerprint density at radius 2 is 2.22 bits per heavy atom. The quantitative estimate of drug-likeness (QED) is 0.726. The standard InChI is InChI=1S/C12H17BrN2O2S/c1-7-9-8(14-10(13)18-9)5-6-15(7)11(16)17-12(2,3)4/h7H,5-6H2,1-4H3/t7-/m1/s1. The van der Waals surface area contributed by atoms with Crippen LogP contribution in [0.4, 0.5) is 4.79 Å². The fraction of sp³-hybridized carbons (Fsp3) is 0.667. The average Bonchev–Trinajstić information content (AvgIpc) is 2.57. The van der Waals surface area contributed by atoms with E-state index in [1.807, 2.05) is 27.7 Å². The van der Waals surface area contributed by atoms with Gasteiger partial charge in [0.05, 0.1) is 16.6 Å². The van der Waals surface area contributed by atoms with Gasteiger partial charge in [-0.25, -0.2) is 9.78 Å². The van der Waals surface area contributed by atoms with Crippen molar-refractivity contribution in [3.05, 3.63) is 14.5 Å². The fourth-order valence-corrected chi connectivity index (χ4v) is 3.61. The van der Waals surface area contributed by atoms with Crippen molar-refractivity contribution in [3.63, 3.8) is 0 Å². The molecule has 100 valence electrons. The molecule has 0 saturated carbocycles. The molecule has 0 N–H and O–H groups in total. The number of aromatic nitrogens is 1. The van der Waals surface area contributed by atoms with Crippen molar-refractivity contribution in [2.24, 2.45) is 0 Å². The third-order valence-corrected chi connectivity index (χ3v) is 4.49. The van der Waals surface area contributed by atoms with Gasteiger partial charge >= 0.3 is 6.09 Å². The SMILES string of the molecule is C[C@@H]1c2sc(Br)nc2CCN1C(=O)OC(C)(C)C. The maximum atomic E-state index is 12.1. The molecule has 1 aliphatic heterocycles. The highest BCUT2D eigenvalue weighted by atomic mass is 79.9. The zero-order valence-corrected chi connectivity index (χ0v) is 13.4. The van der Waals surface area contributed by atoms with Crippen LogP contribution in [0.15, 0.2) is 3.92 Å². The lowest BCUT2D eigenvalue weighted by molar-refractivity contribution is 0.0162. The second kappa shape index (κ2) is 4.81. The summed E-state index contributed by atoms with van der Waals surface area (Å²) in [5.41, 5.74) is 0.643. The summed E-state index contributed by atoms with van der Waals surface area (Å²) in [6, 6.07) is 0.0346. The first kappa shape index (κ1) is 13.8. The number of hydrogen-bond acceptors (Lipinski definition) is 4. The van der Waals surface area contributed by atoms with Crippen molar-refractivity contribution < 1.29 is 9.53 Å². The molecular weight excluding hydrogens is 316 g/mol. The molecule has 0 fully saturated rings. The summed E-state index contributed by atoms with van der Waals surface area (Å²) in [7, 11) is 0. The number of rotatable bonds is 0. The summed E-state index contributed by atoms with van der Waals surface area (Å²) in [6.07, 6.45) is 0.547. The van der Waals surface area contributed by atoms with Crippen LogP contribution in [0.1, 0.15) is 44.3 Å². The predicted molar refractivity (Wildman–Crippen MR) is 74.9 cm³/mol. The van der Waals surface area contributed by atoms with Crippen LogP contribution in [0, 0.1) is 0 Å². The maximum absolute atomic E-state index is 12.1. The molecule has 0 radical (unpaired) electrons. The number of nitrogens with zero attached hydrogens (tertiary/aromatic N) is 2. The van der Waals surface area contributed by atoms with Crippen LogP contribution in [0.25, 0.3) is 0 Å². The highest BCUT2D eigenvalue weighted by molar-refractivity contribution is 9.11. The molecule has 0 saturated heterocycles. The van der Waals surface area contributed by atoms with Crippen LogP contribution in [0.3, 0.4) is 0 Å². The van der Waals surface area contributed by atoms with Crippen molar-refractivity contribution in [1.82, 2.24) is 9.88 Å². The Labute approximate surface area is 119 Å². The van der Waals surface area contributed by atoms with Gasteiger partial charge in [0.15, 0.2) is 3.92 Å². The average molecular weight is 333 g/mol. The van der Waals surface area contributed by atoms with E-state index in [2.05, 4.69) is 20.9 Å². The van der Waals surface area contributed by atoms with Crippen LogP contribution in [-0.4, -0.2) is 28.1 Å². The van der Waals surface area contributed by atoms with E-state index in [-0.39, 0.29) is 12.1 Å². The highest BCUT2D eigenvalue weighted by Crippen LogP contribution is 2.36. The third kappa shape index (κ3) is 2.85. The lowest BCUT2D eigenvalue weighted by Crippen LogP contribution is -2.41. The molecule has 0 spiro atoms. The third-order valence-electron chi connectivity index (χ3n) is 2.77. The number of fused-ring (bicyclic) bond motifs is 1. The van der Waals surface area contributed by atoms with E-state index in [9.17, 15) is 4.79 Å². The van der Waals surface area contributed by atoms with Crippen molar-refractivity contribution >= 4 is 33.4 Å². The zero-order valence-electron chi connectivity index (χ0n) is 11.0. The first-order valence-corrected chi connectivity index (χ1v) is 7.53. The summed E-state index contributed by atoms with van der Waals surface area (Å²) in [5, 5.41) is 0. The molecule has 18 heavy (non-hydrogen) atoms. The molecule has 2 rings (SSSR count). The molecule has 1 amide bonds. The van der Waals surface area contributed by atoms with E-state index in [1.165, 1.54) is 0 Å². The molecule has 1 atom stereocenters. The monoisotopic (exact) mass is 332 g/mol. The van der Waals surface area contributed by atoms with E-state index in [4.69, 9.17) is 4.74 Å². The van der Waals surface area contributed by atoms with Crippen molar-refractivity contribution in [1.29, 1.82) is 0 Å². The van der Waals surface area contributed by atoms with Gasteiger partial charge in [-0.15, -0.1) is 11.3 Å². The predicted octanol–water partition coefficient (Wildman–Crippen LogP) is 3.76. The van der Waals surface area contributed by atoms with Gasteiger partial charge in [0.1, 0.15) is 5.60 Å². The van der Waals surface area contributed by atoms with Crippen LogP contribution in [-0.2, 0) is 11.2 Å². The molecule has 0 aromatic carbocycles. The molecule has 1 aromatic heterocycles. The van der Waals surface area contributed by atoms with Gasteiger partial charge in [-0.2, -0.15) is 0 Å². The largest absolute Gasteiger partial charge is 0.444 e. The Morgan fingerprint density at radius 3 is 2.83 bits per heavy atom. The molecule has 1 aliphatic rings. The lowest BCUT2D eigenvalue weighted by atomic mass is 10.1. The van der Waals surface area contributed by atoms with E-state index in [0.29, 0.717) is 6.54 Å². The molecular formula is C12H17BrN2O2S. The number of carbonyl (C=O) groups excluding carboxylic acids is 1. The van der Waals surface area contributed by atoms with Gasteiger partial charge in [-0.05, 0) is 43.6 Å². The summed E-state index contributed by atoms with van der Waals surface area (Å²) in [4.78, 5) is 19.5. The normalized spacial score (nSPS) is 19.6. The Balaban J connectivity index is 2.16. The minimum Gasteiger partial charge on any atom is -0.444 e. The molecule has 0 aliphatic carbocycles. The van der Waals surface area contributed by atoms with Crippen molar-refractivity contribution in [3.8, 4) is 0 Å². The lowest BCUT2D eigenvalue weighted by Gasteiger charge is -2.34. The number of carbonyl (C=O) groups is 1. The Bertz CT molecular complexity index is 467.